The maximum atomic E-state index is 14.3. The Morgan fingerprint density at radius 1 is 1.02 bits per heavy atom. The molecule has 2 fully saturated rings. The number of nitrogens with zero attached hydrogens (tertiary/aromatic N) is 4. The number of hydrogen-bond donors (Lipinski definition) is 0. The Morgan fingerprint density at radius 2 is 1.76 bits per heavy atom. The molecule has 0 saturated carbocycles. The van der Waals surface area contributed by atoms with Gasteiger partial charge in [0.2, 0.25) is 0 Å². The lowest BCUT2D eigenvalue weighted by Crippen LogP contribution is -2.39. The van der Waals surface area contributed by atoms with Gasteiger partial charge in [0.1, 0.15) is 5.82 Å². The fraction of sp³-hybridized carbons (Fsp3) is 0.500. The summed E-state index contributed by atoms with van der Waals surface area (Å²) in [4.78, 5) is 29.6. The van der Waals surface area contributed by atoms with Crippen LogP contribution in [0.4, 0.5) is 17.6 Å². The molecule has 0 unspecified atom stereocenters. The van der Waals surface area contributed by atoms with Gasteiger partial charge in [0, 0.05) is 56.3 Å². The average molecular weight is 575 g/mol. The van der Waals surface area contributed by atoms with Crippen LogP contribution in [0.25, 0.3) is 10.9 Å². The minimum atomic E-state index is -4.67. The normalized spacial score (nSPS) is 17.3. The van der Waals surface area contributed by atoms with Crippen molar-refractivity contribution in [1.82, 2.24) is 19.6 Å². The Bertz CT molecular complexity index is 1410. The Kier molecular flexibility index (Phi) is 8.74. The van der Waals surface area contributed by atoms with Crippen molar-refractivity contribution in [2.24, 2.45) is 5.92 Å². The SMILES string of the molecule is Cc1cc2nn(CC3CCN(C(=O)c4ccc(C(F)(F)F)cc4F)CC3)cc2cc1C(=O)CCCN1CCOCC1. The zero-order valence-corrected chi connectivity index (χ0v) is 23.1. The summed E-state index contributed by atoms with van der Waals surface area (Å²) in [5.74, 6) is -1.40. The number of ketones is 1. The van der Waals surface area contributed by atoms with Crippen LogP contribution in [-0.2, 0) is 17.5 Å². The van der Waals surface area contributed by atoms with Gasteiger partial charge >= 0.3 is 6.18 Å². The average Bonchev–Trinajstić information content (AvgIpc) is 3.33. The van der Waals surface area contributed by atoms with E-state index < -0.39 is 23.5 Å². The highest BCUT2D eigenvalue weighted by Crippen LogP contribution is 2.31. The number of halogens is 4. The molecule has 2 aliphatic heterocycles. The third kappa shape index (κ3) is 6.95. The van der Waals surface area contributed by atoms with Crippen molar-refractivity contribution in [3.05, 3.63) is 64.6 Å². The number of rotatable bonds is 8. The van der Waals surface area contributed by atoms with Gasteiger partial charge in [0.25, 0.3) is 5.91 Å². The topological polar surface area (TPSA) is 67.7 Å². The largest absolute Gasteiger partial charge is 0.416 e. The Balaban J connectivity index is 1.15. The summed E-state index contributed by atoms with van der Waals surface area (Å²) in [5.41, 5.74) is 0.976. The first-order chi connectivity index (χ1) is 19.6. The van der Waals surface area contributed by atoms with E-state index in [0.29, 0.717) is 45.0 Å². The van der Waals surface area contributed by atoms with E-state index >= 15 is 0 Å². The first kappa shape index (κ1) is 29.2. The predicted octanol–water partition coefficient (Wildman–Crippen LogP) is 5.35. The lowest BCUT2D eigenvalue weighted by Gasteiger charge is -2.32. The number of morpholine rings is 1. The number of piperidine rings is 1. The number of amides is 1. The molecule has 7 nitrogen and oxygen atoms in total. The number of alkyl halides is 3. The number of hydrogen-bond acceptors (Lipinski definition) is 5. The third-order valence-corrected chi connectivity index (χ3v) is 8.05. The molecule has 2 saturated heterocycles. The molecule has 3 aromatic rings. The molecule has 5 rings (SSSR count). The van der Waals surface area contributed by atoms with Crippen LogP contribution in [-0.4, -0.2) is 77.2 Å². The number of aromatic nitrogens is 2. The van der Waals surface area contributed by atoms with Crippen LogP contribution in [0.15, 0.2) is 36.5 Å². The van der Waals surface area contributed by atoms with Crippen LogP contribution in [0, 0.1) is 18.7 Å². The number of likely N-dealkylation sites (tertiary alicyclic amines) is 1. The van der Waals surface area contributed by atoms with E-state index in [0.717, 1.165) is 73.4 Å². The number of carbonyl (C=O) groups excluding carboxylic acids is 2. The highest BCUT2D eigenvalue weighted by molar-refractivity contribution is 6.00. The molecule has 0 atom stereocenters. The van der Waals surface area contributed by atoms with Gasteiger partial charge in [-0.05, 0) is 74.5 Å². The van der Waals surface area contributed by atoms with E-state index in [2.05, 4.69) is 4.90 Å². The summed E-state index contributed by atoms with van der Waals surface area (Å²) in [6, 6.07) is 5.88. The minimum Gasteiger partial charge on any atom is -0.379 e. The maximum Gasteiger partial charge on any atom is 0.416 e. The van der Waals surface area contributed by atoms with E-state index in [9.17, 15) is 27.2 Å². The molecule has 11 heteroatoms. The van der Waals surface area contributed by atoms with Crippen molar-refractivity contribution in [2.45, 2.75) is 45.3 Å². The van der Waals surface area contributed by atoms with Crippen molar-refractivity contribution in [3.8, 4) is 0 Å². The molecule has 3 heterocycles. The lowest BCUT2D eigenvalue weighted by molar-refractivity contribution is -0.137. The molecule has 0 N–H and O–H groups in total. The van der Waals surface area contributed by atoms with E-state index in [1.54, 1.807) is 0 Å². The van der Waals surface area contributed by atoms with Gasteiger partial charge in [0.15, 0.2) is 5.78 Å². The second kappa shape index (κ2) is 12.3. The van der Waals surface area contributed by atoms with Crippen molar-refractivity contribution in [2.75, 3.05) is 45.9 Å². The van der Waals surface area contributed by atoms with E-state index in [1.165, 1.54) is 4.90 Å². The fourth-order valence-corrected chi connectivity index (χ4v) is 5.66. The van der Waals surface area contributed by atoms with Gasteiger partial charge in [-0.1, -0.05) is 0 Å². The smallest absolute Gasteiger partial charge is 0.379 e. The molecule has 0 aliphatic carbocycles. The van der Waals surface area contributed by atoms with Crippen molar-refractivity contribution in [3.63, 3.8) is 0 Å². The first-order valence-electron chi connectivity index (χ1n) is 14.1. The van der Waals surface area contributed by atoms with Crippen LogP contribution >= 0.6 is 0 Å². The number of fused-ring (bicyclic) bond motifs is 1. The van der Waals surface area contributed by atoms with Crippen molar-refractivity contribution < 1.29 is 31.9 Å². The summed E-state index contributed by atoms with van der Waals surface area (Å²) in [6.07, 6.45) is -0.106. The summed E-state index contributed by atoms with van der Waals surface area (Å²) in [6.45, 7) is 7.52. The molecular formula is C30H34F4N4O3. The maximum absolute atomic E-state index is 14.3. The van der Waals surface area contributed by atoms with Gasteiger partial charge < -0.3 is 9.64 Å². The molecule has 0 spiro atoms. The molecule has 2 aromatic carbocycles. The summed E-state index contributed by atoms with van der Waals surface area (Å²) >= 11 is 0. The monoisotopic (exact) mass is 574 g/mol. The summed E-state index contributed by atoms with van der Waals surface area (Å²) in [7, 11) is 0. The van der Waals surface area contributed by atoms with Gasteiger partial charge in [-0.15, -0.1) is 0 Å². The molecular weight excluding hydrogens is 540 g/mol. The number of carbonyl (C=O) groups is 2. The summed E-state index contributed by atoms with van der Waals surface area (Å²) in [5, 5.41) is 5.60. The molecule has 0 radical (unpaired) electrons. The van der Waals surface area contributed by atoms with Crippen molar-refractivity contribution in [1.29, 1.82) is 0 Å². The zero-order valence-electron chi connectivity index (χ0n) is 23.1. The number of benzene rings is 2. The third-order valence-electron chi connectivity index (χ3n) is 8.05. The summed E-state index contributed by atoms with van der Waals surface area (Å²) < 4.78 is 60.1. The standard InChI is InChI=1S/C30H34F4N4O3/c1-20-15-27-22(16-25(20)28(39)3-2-8-36-11-13-41-14-12-36)19-38(35-27)18-21-6-9-37(10-7-21)29(40)24-5-4-23(17-26(24)31)30(32,33)34/h4-5,15-17,19,21H,2-3,6-14,18H2,1H3. The van der Waals surface area contributed by atoms with E-state index in [-0.39, 0.29) is 17.3 Å². The Labute approximate surface area is 236 Å². The number of aryl methyl sites for hydroxylation is 1. The Morgan fingerprint density at radius 3 is 2.44 bits per heavy atom. The second-order valence-electron chi connectivity index (χ2n) is 11.0. The zero-order chi connectivity index (χ0) is 29.1. The van der Waals surface area contributed by atoms with Gasteiger partial charge in [0.05, 0.1) is 29.9 Å². The highest BCUT2D eigenvalue weighted by Gasteiger charge is 2.33. The van der Waals surface area contributed by atoms with Crippen LogP contribution in [0.1, 0.15) is 57.5 Å². The minimum absolute atomic E-state index is 0.131. The predicted molar refractivity (Wildman–Crippen MR) is 145 cm³/mol. The molecule has 1 amide bonds. The van der Waals surface area contributed by atoms with Crippen LogP contribution in [0.2, 0.25) is 0 Å². The molecule has 1 aromatic heterocycles. The highest BCUT2D eigenvalue weighted by atomic mass is 19.4. The van der Waals surface area contributed by atoms with E-state index in [4.69, 9.17) is 9.84 Å². The van der Waals surface area contributed by atoms with Gasteiger partial charge in [-0.25, -0.2) is 4.39 Å². The molecule has 0 bridgehead atoms. The molecule has 220 valence electrons. The number of Topliss-reactive ketones (excluding diaryl/α,β-unsaturated/α-hetero) is 1. The number of ether oxygens (including phenoxy) is 1. The van der Waals surface area contributed by atoms with E-state index in [1.807, 2.05) is 29.9 Å². The quantitative estimate of drug-likeness (QED) is 0.268. The molecule has 41 heavy (non-hydrogen) atoms. The van der Waals surface area contributed by atoms with Crippen molar-refractivity contribution >= 4 is 22.6 Å². The molecule has 2 aliphatic rings. The fourth-order valence-electron chi connectivity index (χ4n) is 5.66. The van der Waals surface area contributed by atoms with Crippen LogP contribution in [0.5, 0.6) is 0 Å². The lowest BCUT2D eigenvalue weighted by atomic mass is 9.96. The first-order valence-corrected chi connectivity index (χ1v) is 14.1. The van der Waals surface area contributed by atoms with Gasteiger partial charge in [-0.2, -0.15) is 18.3 Å². The van der Waals surface area contributed by atoms with Gasteiger partial charge in [-0.3, -0.25) is 19.2 Å². The van der Waals surface area contributed by atoms with Crippen LogP contribution < -0.4 is 0 Å². The Hall–Kier alpha value is -3.31. The van der Waals surface area contributed by atoms with Crippen LogP contribution in [0.3, 0.4) is 0 Å². The second-order valence-corrected chi connectivity index (χ2v) is 11.0.